The fourth-order valence-electron chi connectivity index (χ4n) is 2.56. The lowest BCUT2D eigenvalue weighted by molar-refractivity contribution is -0.153. The van der Waals surface area contributed by atoms with Gasteiger partial charge in [-0.05, 0) is 78.7 Å². The second-order valence-corrected chi connectivity index (χ2v) is 8.26. The molecule has 0 aliphatic rings. The van der Waals surface area contributed by atoms with Gasteiger partial charge in [0.2, 0.25) is 0 Å². The van der Waals surface area contributed by atoms with Gasteiger partial charge in [0.1, 0.15) is 5.60 Å². The number of fused-ring (bicyclic) bond motifs is 2. The maximum absolute atomic E-state index is 11.7. The first-order valence-electron chi connectivity index (χ1n) is 9.08. The average molecular weight is 453 g/mol. The first-order chi connectivity index (χ1) is 13.8. The van der Waals surface area contributed by atoms with Crippen molar-refractivity contribution in [2.45, 2.75) is 32.8 Å². The molecule has 148 valence electrons. The van der Waals surface area contributed by atoms with Crippen LogP contribution in [0.1, 0.15) is 26.3 Å². The van der Waals surface area contributed by atoms with Gasteiger partial charge < -0.3 is 4.74 Å². The van der Waals surface area contributed by atoms with Crippen molar-refractivity contribution in [2.24, 2.45) is 0 Å². The lowest BCUT2D eigenvalue weighted by Gasteiger charge is -2.19. The van der Waals surface area contributed by atoms with Gasteiger partial charge in [-0.25, -0.2) is 0 Å². The maximum atomic E-state index is 11.7. The number of esters is 1. The van der Waals surface area contributed by atoms with E-state index in [0.717, 1.165) is 32.1 Å². The van der Waals surface area contributed by atoms with Crippen molar-refractivity contribution in [3.8, 4) is 0 Å². The van der Waals surface area contributed by atoms with E-state index in [1.165, 1.54) is 0 Å². The van der Waals surface area contributed by atoms with E-state index in [1.807, 2.05) is 57.2 Å². The molecule has 0 spiro atoms. The Bertz CT molecular complexity index is 1140. The molecule has 0 fully saturated rings. The third kappa shape index (κ3) is 6.29. The summed E-state index contributed by atoms with van der Waals surface area (Å²) in [5, 5.41) is 0. The van der Waals surface area contributed by atoms with Crippen molar-refractivity contribution in [1.82, 2.24) is 19.9 Å². The molecule has 0 unspecified atom stereocenters. The van der Waals surface area contributed by atoms with E-state index in [2.05, 4.69) is 35.9 Å². The van der Waals surface area contributed by atoms with Crippen LogP contribution in [0.2, 0.25) is 0 Å². The van der Waals surface area contributed by atoms with Crippen molar-refractivity contribution in [1.29, 1.82) is 0 Å². The predicted octanol–water partition coefficient (Wildman–Crippen LogP) is 4.91. The van der Waals surface area contributed by atoms with Crippen LogP contribution in [0.15, 0.2) is 65.7 Å². The monoisotopic (exact) mass is 452 g/mol. The summed E-state index contributed by atoms with van der Waals surface area (Å²) < 4.78 is 6.23. The Morgan fingerprint density at radius 3 is 2.10 bits per heavy atom. The minimum atomic E-state index is -0.459. The van der Waals surface area contributed by atoms with Gasteiger partial charge in [-0.3, -0.25) is 24.7 Å². The van der Waals surface area contributed by atoms with Crippen molar-refractivity contribution in [3.63, 3.8) is 0 Å². The SMILES string of the molecule is Brc1cnc2cccnc2c1.CC(C)(C)OC(=O)Cc1cnc2cccnc2c1. The zero-order valence-electron chi connectivity index (χ0n) is 16.5. The molecular weight excluding hydrogens is 432 g/mol. The van der Waals surface area contributed by atoms with Crippen LogP contribution < -0.4 is 0 Å². The van der Waals surface area contributed by atoms with Gasteiger partial charge in [0.25, 0.3) is 0 Å². The van der Waals surface area contributed by atoms with Crippen LogP contribution in [0.4, 0.5) is 0 Å². The summed E-state index contributed by atoms with van der Waals surface area (Å²) in [5.74, 6) is -0.250. The van der Waals surface area contributed by atoms with Gasteiger partial charge in [-0.15, -0.1) is 0 Å². The summed E-state index contributed by atoms with van der Waals surface area (Å²) in [6.07, 6.45) is 7.15. The molecule has 4 aromatic rings. The van der Waals surface area contributed by atoms with E-state index in [9.17, 15) is 4.79 Å². The third-order valence-electron chi connectivity index (χ3n) is 3.69. The fourth-order valence-corrected chi connectivity index (χ4v) is 2.88. The molecular formula is C22H21BrN4O2. The molecule has 4 rings (SSSR count). The second kappa shape index (κ2) is 9.05. The molecule has 0 radical (unpaired) electrons. The molecule has 0 aliphatic heterocycles. The summed E-state index contributed by atoms with van der Waals surface area (Å²) in [7, 11) is 0. The van der Waals surface area contributed by atoms with Crippen molar-refractivity contribution < 1.29 is 9.53 Å². The number of rotatable bonds is 2. The van der Waals surface area contributed by atoms with Gasteiger partial charge in [-0.1, -0.05) is 0 Å². The summed E-state index contributed by atoms with van der Waals surface area (Å²) in [4.78, 5) is 28.5. The number of hydrogen-bond donors (Lipinski definition) is 0. The highest BCUT2D eigenvalue weighted by Crippen LogP contribution is 2.14. The summed E-state index contributed by atoms with van der Waals surface area (Å²) in [5.41, 5.74) is 3.82. The highest BCUT2D eigenvalue weighted by molar-refractivity contribution is 9.10. The van der Waals surface area contributed by atoms with Crippen molar-refractivity contribution in [3.05, 3.63) is 71.2 Å². The minimum Gasteiger partial charge on any atom is -0.460 e. The standard InChI is InChI=1S/C14H16N2O2.C8H5BrN2/c1-14(2,3)18-13(17)8-10-7-12-11(16-9-10)5-4-6-15-12;9-6-4-8-7(11-5-6)2-1-3-10-8/h4-7,9H,8H2,1-3H3;1-5H. The zero-order valence-corrected chi connectivity index (χ0v) is 18.0. The summed E-state index contributed by atoms with van der Waals surface area (Å²) in [6, 6.07) is 11.4. The van der Waals surface area contributed by atoms with Gasteiger partial charge in [0.15, 0.2) is 0 Å². The lowest BCUT2D eigenvalue weighted by atomic mass is 10.1. The van der Waals surface area contributed by atoms with Crippen molar-refractivity contribution >= 4 is 44.0 Å². The Morgan fingerprint density at radius 2 is 1.48 bits per heavy atom. The molecule has 0 aliphatic carbocycles. The van der Waals surface area contributed by atoms with E-state index in [0.29, 0.717) is 0 Å². The van der Waals surface area contributed by atoms with Gasteiger partial charge in [0.05, 0.1) is 28.5 Å². The predicted molar refractivity (Wildman–Crippen MR) is 116 cm³/mol. The molecule has 4 heterocycles. The molecule has 6 nitrogen and oxygen atoms in total. The number of carbonyl (C=O) groups excluding carboxylic acids is 1. The molecule has 0 N–H and O–H groups in total. The Morgan fingerprint density at radius 1 is 0.897 bits per heavy atom. The van der Waals surface area contributed by atoms with Gasteiger partial charge >= 0.3 is 5.97 Å². The Balaban J connectivity index is 0.000000186. The summed E-state index contributed by atoms with van der Waals surface area (Å²) in [6.45, 7) is 5.56. The fraction of sp³-hybridized carbons (Fsp3) is 0.227. The third-order valence-corrected chi connectivity index (χ3v) is 4.13. The molecule has 0 saturated heterocycles. The van der Waals surface area contributed by atoms with Crippen LogP contribution in [0.25, 0.3) is 22.1 Å². The maximum Gasteiger partial charge on any atom is 0.310 e. The molecule has 0 bridgehead atoms. The first kappa shape index (κ1) is 20.8. The molecule has 0 atom stereocenters. The van der Waals surface area contributed by atoms with Crippen LogP contribution in [-0.2, 0) is 16.0 Å². The van der Waals surface area contributed by atoms with E-state index in [-0.39, 0.29) is 12.4 Å². The normalized spacial score (nSPS) is 11.0. The number of aromatic nitrogens is 4. The number of nitrogens with zero attached hydrogens (tertiary/aromatic N) is 4. The molecule has 0 amide bonds. The minimum absolute atomic E-state index is 0.219. The topological polar surface area (TPSA) is 77.9 Å². The van der Waals surface area contributed by atoms with Crippen molar-refractivity contribution in [2.75, 3.05) is 0 Å². The Kier molecular flexibility index (Phi) is 6.49. The number of halogens is 1. The Hall–Kier alpha value is -2.93. The molecule has 0 aromatic carbocycles. The van der Waals surface area contributed by atoms with Crippen LogP contribution in [-0.4, -0.2) is 31.5 Å². The quantitative estimate of drug-likeness (QED) is 0.402. The molecule has 0 saturated carbocycles. The number of pyridine rings is 4. The molecule has 7 heteroatoms. The van der Waals surface area contributed by atoms with E-state index >= 15 is 0 Å². The zero-order chi connectivity index (χ0) is 20.9. The van der Waals surface area contributed by atoms with Crippen LogP contribution >= 0.6 is 15.9 Å². The smallest absolute Gasteiger partial charge is 0.310 e. The average Bonchev–Trinajstić information content (AvgIpc) is 2.67. The highest BCUT2D eigenvalue weighted by atomic mass is 79.9. The molecule has 4 aromatic heterocycles. The summed E-state index contributed by atoms with van der Waals surface area (Å²) >= 11 is 3.33. The van der Waals surface area contributed by atoms with Gasteiger partial charge in [-0.2, -0.15) is 0 Å². The van der Waals surface area contributed by atoms with E-state index in [4.69, 9.17) is 4.74 Å². The number of carbonyl (C=O) groups is 1. The first-order valence-corrected chi connectivity index (χ1v) is 9.87. The van der Waals surface area contributed by atoms with E-state index < -0.39 is 5.60 Å². The van der Waals surface area contributed by atoms with Crippen LogP contribution in [0, 0.1) is 0 Å². The second-order valence-electron chi connectivity index (χ2n) is 7.34. The Labute approximate surface area is 177 Å². The van der Waals surface area contributed by atoms with Gasteiger partial charge in [0, 0.05) is 29.3 Å². The number of hydrogen-bond acceptors (Lipinski definition) is 6. The van der Waals surface area contributed by atoms with Crippen LogP contribution in [0.5, 0.6) is 0 Å². The van der Waals surface area contributed by atoms with E-state index in [1.54, 1.807) is 24.8 Å². The lowest BCUT2D eigenvalue weighted by Crippen LogP contribution is -2.24. The van der Waals surface area contributed by atoms with Crippen LogP contribution in [0.3, 0.4) is 0 Å². The largest absolute Gasteiger partial charge is 0.460 e. The molecule has 29 heavy (non-hydrogen) atoms. The number of ether oxygens (including phenoxy) is 1. The highest BCUT2D eigenvalue weighted by Gasteiger charge is 2.16.